The van der Waals surface area contributed by atoms with Crippen LogP contribution in [0, 0.1) is 0 Å². The molecule has 2 heteroatoms. The van der Waals surface area contributed by atoms with Crippen LogP contribution < -0.4 is 5.73 Å². The second-order valence-electron chi connectivity index (χ2n) is 2.95. The number of hydrogen-bond acceptors (Lipinski definition) is 1. The van der Waals surface area contributed by atoms with Gasteiger partial charge in [-0.05, 0) is 36.5 Å². The van der Waals surface area contributed by atoms with E-state index in [0.29, 0.717) is 5.02 Å². The fourth-order valence-corrected chi connectivity index (χ4v) is 1.84. The highest BCUT2D eigenvalue weighted by atomic mass is 35.5. The van der Waals surface area contributed by atoms with Crippen molar-refractivity contribution in [3.05, 3.63) is 28.3 Å². The van der Waals surface area contributed by atoms with Crippen LogP contribution >= 0.6 is 11.6 Å². The first kappa shape index (κ1) is 6.99. The lowest BCUT2D eigenvalue weighted by Gasteiger charge is -2.04. The van der Waals surface area contributed by atoms with Crippen molar-refractivity contribution in [1.29, 1.82) is 0 Å². The summed E-state index contributed by atoms with van der Waals surface area (Å²) in [6, 6.07) is 3.97. The quantitative estimate of drug-likeness (QED) is 0.590. The molecule has 0 radical (unpaired) electrons. The molecular formula is C9H10ClN. The first-order valence-electron chi connectivity index (χ1n) is 3.85. The molecule has 2 rings (SSSR count). The van der Waals surface area contributed by atoms with Crippen LogP contribution in [0.15, 0.2) is 12.1 Å². The molecule has 1 aliphatic carbocycles. The van der Waals surface area contributed by atoms with Crippen molar-refractivity contribution in [1.82, 2.24) is 0 Å². The molecule has 1 aromatic carbocycles. The summed E-state index contributed by atoms with van der Waals surface area (Å²) in [7, 11) is 0. The van der Waals surface area contributed by atoms with Crippen molar-refractivity contribution in [3.8, 4) is 0 Å². The van der Waals surface area contributed by atoms with Crippen LogP contribution in [0.2, 0.25) is 5.02 Å². The van der Waals surface area contributed by atoms with Crippen molar-refractivity contribution in [2.24, 2.45) is 0 Å². The normalized spacial score (nSPS) is 15.0. The van der Waals surface area contributed by atoms with Gasteiger partial charge in [-0.3, -0.25) is 0 Å². The second-order valence-corrected chi connectivity index (χ2v) is 3.36. The summed E-state index contributed by atoms with van der Waals surface area (Å²) < 4.78 is 0. The van der Waals surface area contributed by atoms with E-state index in [1.807, 2.05) is 6.07 Å². The van der Waals surface area contributed by atoms with Crippen molar-refractivity contribution in [2.75, 3.05) is 5.73 Å². The Kier molecular flexibility index (Phi) is 1.53. The molecule has 0 spiro atoms. The Balaban J connectivity index is 2.62. The predicted molar refractivity (Wildman–Crippen MR) is 47.9 cm³/mol. The number of nitrogens with two attached hydrogens (primary N) is 1. The number of benzene rings is 1. The van der Waals surface area contributed by atoms with Gasteiger partial charge < -0.3 is 5.73 Å². The number of nitrogen functional groups attached to an aromatic ring is 1. The molecule has 1 aliphatic rings. The van der Waals surface area contributed by atoms with Gasteiger partial charge in [-0.2, -0.15) is 0 Å². The number of hydrogen-bond donors (Lipinski definition) is 1. The molecule has 0 heterocycles. The van der Waals surface area contributed by atoms with E-state index in [1.165, 1.54) is 17.5 Å². The lowest BCUT2D eigenvalue weighted by atomic mass is 10.1. The highest BCUT2D eigenvalue weighted by Crippen LogP contribution is 2.31. The van der Waals surface area contributed by atoms with Crippen LogP contribution in [0.25, 0.3) is 0 Å². The molecule has 0 aromatic heterocycles. The Hall–Kier alpha value is -0.690. The summed E-state index contributed by atoms with van der Waals surface area (Å²) in [4.78, 5) is 0. The fraction of sp³-hybridized carbons (Fsp3) is 0.333. The number of rotatable bonds is 0. The van der Waals surface area contributed by atoms with E-state index < -0.39 is 0 Å². The molecule has 0 unspecified atom stereocenters. The Labute approximate surface area is 71.2 Å². The Morgan fingerprint density at radius 3 is 2.91 bits per heavy atom. The van der Waals surface area contributed by atoms with Gasteiger partial charge >= 0.3 is 0 Å². The monoisotopic (exact) mass is 167 g/mol. The van der Waals surface area contributed by atoms with E-state index >= 15 is 0 Å². The van der Waals surface area contributed by atoms with Crippen molar-refractivity contribution in [3.63, 3.8) is 0 Å². The summed E-state index contributed by atoms with van der Waals surface area (Å²) in [5.41, 5.74) is 9.25. The maximum atomic E-state index is 5.87. The van der Waals surface area contributed by atoms with Crippen molar-refractivity contribution in [2.45, 2.75) is 19.3 Å². The minimum absolute atomic E-state index is 0.700. The largest absolute Gasteiger partial charge is 0.397 e. The summed E-state index contributed by atoms with van der Waals surface area (Å²) in [6.07, 6.45) is 3.48. The van der Waals surface area contributed by atoms with Crippen LogP contribution in [0.3, 0.4) is 0 Å². The number of anilines is 1. The third kappa shape index (κ3) is 1.000. The molecule has 0 fully saturated rings. The molecule has 0 atom stereocenters. The van der Waals surface area contributed by atoms with Gasteiger partial charge in [0.2, 0.25) is 0 Å². The van der Waals surface area contributed by atoms with E-state index in [0.717, 1.165) is 18.5 Å². The van der Waals surface area contributed by atoms with Crippen LogP contribution in [0.5, 0.6) is 0 Å². The van der Waals surface area contributed by atoms with Gasteiger partial charge in [-0.1, -0.05) is 17.7 Å². The minimum atomic E-state index is 0.700. The minimum Gasteiger partial charge on any atom is -0.397 e. The van der Waals surface area contributed by atoms with E-state index in [2.05, 4.69) is 6.07 Å². The first-order chi connectivity index (χ1) is 5.29. The average Bonchev–Trinajstić information content (AvgIpc) is 2.45. The van der Waals surface area contributed by atoms with E-state index in [9.17, 15) is 0 Å². The molecule has 1 aromatic rings. The molecule has 1 nitrogen and oxygen atoms in total. The summed E-state index contributed by atoms with van der Waals surface area (Å²) in [5.74, 6) is 0. The molecule has 0 bridgehead atoms. The van der Waals surface area contributed by atoms with Gasteiger partial charge in [0.25, 0.3) is 0 Å². The summed E-state index contributed by atoms with van der Waals surface area (Å²) >= 11 is 5.87. The van der Waals surface area contributed by atoms with Gasteiger partial charge in [0.15, 0.2) is 0 Å². The average molecular weight is 168 g/mol. The summed E-state index contributed by atoms with van der Waals surface area (Å²) in [5, 5.41) is 0.700. The van der Waals surface area contributed by atoms with Gasteiger partial charge in [-0.25, -0.2) is 0 Å². The zero-order chi connectivity index (χ0) is 7.84. The molecule has 2 N–H and O–H groups in total. The van der Waals surface area contributed by atoms with Crippen LogP contribution in [-0.2, 0) is 12.8 Å². The third-order valence-electron chi connectivity index (χ3n) is 2.27. The lowest BCUT2D eigenvalue weighted by molar-refractivity contribution is 0.912. The maximum absolute atomic E-state index is 5.87. The number of fused-ring (bicyclic) bond motifs is 1. The topological polar surface area (TPSA) is 26.0 Å². The zero-order valence-electron chi connectivity index (χ0n) is 6.23. The molecule has 0 amide bonds. The Morgan fingerprint density at radius 1 is 1.27 bits per heavy atom. The van der Waals surface area contributed by atoms with Gasteiger partial charge in [0.1, 0.15) is 0 Å². The standard InChI is InChI=1S/C9H10ClN/c10-8-5-4-6-2-1-3-7(6)9(8)11/h4-5H,1-3,11H2. The second kappa shape index (κ2) is 2.42. The molecule has 0 aliphatic heterocycles. The van der Waals surface area contributed by atoms with Gasteiger partial charge in [-0.15, -0.1) is 0 Å². The fourth-order valence-electron chi connectivity index (χ4n) is 1.67. The Bertz CT molecular complexity index is 294. The SMILES string of the molecule is Nc1c(Cl)ccc2c1CCC2. The predicted octanol–water partition coefficient (Wildman–Crippen LogP) is 2.41. The molecule has 11 heavy (non-hydrogen) atoms. The first-order valence-corrected chi connectivity index (χ1v) is 4.22. The van der Waals surface area contributed by atoms with Crippen LogP contribution in [0.4, 0.5) is 5.69 Å². The van der Waals surface area contributed by atoms with E-state index in [-0.39, 0.29) is 0 Å². The van der Waals surface area contributed by atoms with Crippen molar-refractivity contribution < 1.29 is 0 Å². The summed E-state index contributed by atoms with van der Waals surface area (Å²) in [6.45, 7) is 0. The molecule has 0 saturated carbocycles. The van der Waals surface area contributed by atoms with Crippen LogP contribution in [0.1, 0.15) is 17.5 Å². The Morgan fingerprint density at radius 2 is 2.09 bits per heavy atom. The lowest BCUT2D eigenvalue weighted by Crippen LogP contribution is -1.93. The van der Waals surface area contributed by atoms with E-state index in [4.69, 9.17) is 17.3 Å². The maximum Gasteiger partial charge on any atom is 0.0638 e. The third-order valence-corrected chi connectivity index (χ3v) is 2.60. The van der Waals surface area contributed by atoms with Crippen LogP contribution in [-0.4, -0.2) is 0 Å². The highest BCUT2D eigenvalue weighted by Gasteiger charge is 2.14. The highest BCUT2D eigenvalue weighted by molar-refractivity contribution is 6.33. The zero-order valence-corrected chi connectivity index (χ0v) is 6.99. The molecular weight excluding hydrogens is 158 g/mol. The van der Waals surface area contributed by atoms with Crippen molar-refractivity contribution >= 4 is 17.3 Å². The number of halogens is 1. The number of aryl methyl sites for hydroxylation is 1. The molecule has 0 saturated heterocycles. The van der Waals surface area contributed by atoms with Gasteiger partial charge in [0.05, 0.1) is 10.7 Å². The van der Waals surface area contributed by atoms with Gasteiger partial charge in [0, 0.05) is 0 Å². The van der Waals surface area contributed by atoms with E-state index in [1.54, 1.807) is 0 Å². The smallest absolute Gasteiger partial charge is 0.0638 e. The molecule has 58 valence electrons.